The second-order valence-electron chi connectivity index (χ2n) is 4.88. The quantitative estimate of drug-likeness (QED) is 0.721. The minimum absolute atomic E-state index is 0.267. The van der Waals surface area contributed by atoms with Gasteiger partial charge in [0.15, 0.2) is 0 Å². The minimum Gasteiger partial charge on any atom is -0.478 e. The number of nitrogens with one attached hydrogen (secondary N) is 1. The van der Waals surface area contributed by atoms with Gasteiger partial charge in [0.05, 0.1) is 5.57 Å². The molecule has 0 saturated carbocycles. The number of H-pyrrole nitrogens is 1. The Labute approximate surface area is 121 Å². The Bertz CT molecular complexity index is 847. The Morgan fingerprint density at radius 1 is 1.29 bits per heavy atom. The van der Waals surface area contributed by atoms with E-state index >= 15 is 0 Å². The third-order valence-electron chi connectivity index (χ3n) is 3.34. The van der Waals surface area contributed by atoms with E-state index in [9.17, 15) is 9.90 Å². The molecule has 0 aliphatic heterocycles. The van der Waals surface area contributed by atoms with Gasteiger partial charge in [-0.25, -0.2) is 9.78 Å². The zero-order valence-corrected chi connectivity index (χ0v) is 11.5. The number of nitrogens with zero attached hydrogens (tertiary/aromatic N) is 1. The lowest BCUT2D eigenvalue weighted by Gasteiger charge is -2.04. The van der Waals surface area contributed by atoms with Gasteiger partial charge < -0.3 is 10.1 Å². The number of rotatable bonds is 3. The highest BCUT2D eigenvalue weighted by atomic mass is 16.4. The Balaban J connectivity index is 2.15. The van der Waals surface area contributed by atoms with Gasteiger partial charge in [-0.05, 0) is 30.7 Å². The van der Waals surface area contributed by atoms with Crippen molar-refractivity contribution in [1.82, 2.24) is 9.97 Å². The van der Waals surface area contributed by atoms with E-state index in [1.807, 2.05) is 37.3 Å². The third-order valence-corrected chi connectivity index (χ3v) is 3.34. The Hall–Kier alpha value is -2.88. The minimum atomic E-state index is -0.946. The number of benzene rings is 1. The molecule has 0 bridgehead atoms. The van der Waals surface area contributed by atoms with Crippen LogP contribution in [-0.4, -0.2) is 21.0 Å². The topological polar surface area (TPSA) is 66.0 Å². The van der Waals surface area contributed by atoms with E-state index in [0.717, 1.165) is 22.2 Å². The van der Waals surface area contributed by atoms with Gasteiger partial charge in [0.2, 0.25) is 0 Å². The summed E-state index contributed by atoms with van der Waals surface area (Å²) in [6, 6.07) is 11.2. The number of carboxylic acid groups (broad SMARTS) is 1. The van der Waals surface area contributed by atoms with Crippen LogP contribution in [0.1, 0.15) is 16.7 Å². The van der Waals surface area contributed by atoms with Crippen LogP contribution in [0.25, 0.3) is 22.7 Å². The maximum atomic E-state index is 11.6. The van der Waals surface area contributed by atoms with Crippen LogP contribution in [0.4, 0.5) is 0 Å². The summed E-state index contributed by atoms with van der Waals surface area (Å²) in [5.41, 5.74) is 3.55. The lowest BCUT2D eigenvalue weighted by atomic mass is 10.0. The van der Waals surface area contributed by atoms with Gasteiger partial charge in [-0.15, -0.1) is 0 Å². The molecular formula is C17H14N2O2. The van der Waals surface area contributed by atoms with E-state index in [1.54, 1.807) is 24.5 Å². The number of carbonyl (C=O) groups is 1. The summed E-state index contributed by atoms with van der Waals surface area (Å²) in [5.74, 6) is -0.946. The normalized spacial score (nSPS) is 11.8. The number of aliphatic carboxylic acids is 1. The van der Waals surface area contributed by atoms with Crippen LogP contribution in [0.15, 0.2) is 48.8 Å². The molecule has 104 valence electrons. The second kappa shape index (κ2) is 5.25. The first-order valence-electron chi connectivity index (χ1n) is 6.59. The highest BCUT2D eigenvalue weighted by molar-refractivity contribution is 6.21. The molecule has 0 unspecified atom stereocenters. The summed E-state index contributed by atoms with van der Waals surface area (Å²) >= 11 is 0. The van der Waals surface area contributed by atoms with E-state index in [1.165, 1.54) is 0 Å². The highest BCUT2D eigenvalue weighted by Gasteiger charge is 2.12. The van der Waals surface area contributed by atoms with Gasteiger partial charge in [0.25, 0.3) is 0 Å². The summed E-state index contributed by atoms with van der Waals surface area (Å²) in [4.78, 5) is 18.8. The van der Waals surface area contributed by atoms with Gasteiger partial charge in [-0.3, -0.25) is 0 Å². The predicted octanol–water partition coefficient (Wildman–Crippen LogP) is 3.50. The molecule has 2 aromatic heterocycles. The summed E-state index contributed by atoms with van der Waals surface area (Å²) in [7, 11) is 0. The van der Waals surface area contributed by atoms with Crippen molar-refractivity contribution in [2.75, 3.05) is 0 Å². The summed E-state index contributed by atoms with van der Waals surface area (Å²) in [6.45, 7) is 1.94. The first kappa shape index (κ1) is 13.1. The van der Waals surface area contributed by atoms with Crippen LogP contribution < -0.4 is 0 Å². The molecule has 0 aliphatic rings. The summed E-state index contributed by atoms with van der Waals surface area (Å²) < 4.78 is 0. The van der Waals surface area contributed by atoms with Crippen molar-refractivity contribution in [1.29, 1.82) is 0 Å². The van der Waals surface area contributed by atoms with Crippen molar-refractivity contribution in [2.45, 2.75) is 6.92 Å². The number of aryl methyl sites for hydroxylation is 1. The lowest BCUT2D eigenvalue weighted by Crippen LogP contribution is -1.99. The maximum absolute atomic E-state index is 11.6. The summed E-state index contributed by atoms with van der Waals surface area (Å²) in [6.07, 6.45) is 5.15. The van der Waals surface area contributed by atoms with Gasteiger partial charge >= 0.3 is 5.97 Å². The number of hydrogen-bond acceptors (Lipinski definition) is 2. The highest BCUT2D eigenvalue weighted by Crippen LogP contribution is 2.24. The van der Waals surface area contributed by atoms with Crippen molar-refractivity contribution in [3.8, 4) is 0 Å². The molecule has 2 N–H and O–H groups in total. The number of aromatic nitrogens is 2. The molecule has 3 aromatic rings. The molecule has 0 radical (unpaired) electrons. The van der Waals surface area contributed by atoms with Crippen LogP contribution in [0.5, 0.6) is 0 Å². The van der Waals surface area contributed by atoms with Gasteiger partial charge in [-0.1, -0.05) is 29.8 Å². The van der Waals surface area contributed by atoms with Crippen LogP contribution in [0, 0.1) is 6.92 Å². The fourth-order valence-corrected chi connectivity index (χ4v) is 2.33. The molecule has 0 fully saturated rings. The molecule has 3 rings (SSSR count). The Morgan fingerprint density at radius 2 is 2.14 bits per heavy atom. The molecule has 0 atom stereocenters. The van der Waals surface area contributed by atoms with Crippen LogP contribution in [0.2, 0.25) is 0 Å². The molecule has 0 amide bonds. The fraction of sp³-hybridized carbons (Fsp3) is 0.0588. The van der Waals surface area contributed by atoms with Crippen LogP contribution in [0.3, 0.4) is 0 Å². The van der Waals surface area contributed by atoms with E-state index < -0.39 is 5.97 Å². The van der Waals surface area contributed by atoms with Crippen molar-refractivity contribution in [2.24, 2.45) is 0 Å². The molecule has 0 aliphatic carbocycles. The van der Waals surface area contributed by atoms with E-state index in [-0.39, 0.29) is 5.57 Å². The number of hydrogen-bond donors (Lipinski definition) is 2. The zero-order chi connectivity index (χ0) is 14.8. The second-order valence-corrected chi connectivity index (χ2v) is 4.88. The predicted molar refractivity (Wildman–Crippen MR) is 82.8 cm³/mol. The van der Waals surface area contributed by atoms with Gasteiger partial charge in [0, 0.05) is 23.3 Å². The molecule has 4 nitrogen and oxygen atoms in total. The van der Waals surface area contributed by atoms with E-state index in [0.29, 0.717) is 5.56 Å². The van der Waals surface area contributed by atoms with Crippen LogP contribution >= 0.6 is 0 Å². The fourth-order valence-electron chi connectivity index (χ4n) is 2.33. The van der Waals surface area contributed by atoms with E-state index in [4.69, 9.17) is 0 Å². The van der Waals surface area contributed by atoms with Crippen molar-refractivity contribution < 1.29 is 9.90 Å². The average molecular weight is 278 g/mol. The zero-order valence-electron chi connectivity index (χ0n) is 11.5. The Morgan fingerprint density at radius 3 is 2.90 bits per heavy atom. The van der Waals surface area contributed by atoms with Crippen molar-refractivity contribution >= 4 is 28.7 Å². The smallest absolute Gasteiger partial charge is 0.336 e. The standard InChI is InChI=1S/C17H14N2O2/c1-11-4-2-5-12(8-11)15(17(20)21)9-13-10-19-16-14(13)6-3-7-18-16/h2-10H,1H3,(H,18,19)(H,20,21)/b15-9-. The number of carboxylic acids is 1. The third kappa shape index (κ3) is 2.56. The molecular weight excluding hydrogens is 264 g/mol. The maximum Gasteiger partial charge on any atom is 0.336 e. The van der Waals surface area contributed by atoms with Crippen molar-refractivity contribution in [3.05, 3.63) is 65.5 Å². The van der Waals surface area contributed by atoms with Gasteiger partial charge in [0.1, 0.15) is 5.65 Å². The van der Waals surface area contributed by atoms with Crippen molar-refractivity contribution in [3.63, 3.8) is 0 Å². The van der Waals surface area contributed by atoms with Crippen LogP contribution in [-0.2, 0) is 4.79 Å². The Kier molecular flexibility index (Phi) is 3.28. The largest absolute Gasteiger partial charge is 0.478 e. The molecule has 1 aromatic carbocycles. The lowest BCUT2D eigenvalue weighted by molar-refractivity contribution is -0.130. The molecule has 21 heavy (non-hydrogen) atoms. The molecule has 0 saturated heterocycles. The number of fused-ring (bicyclic) bond motifs is 1. The SMILES string of the molecule is Cc1cccc(/C(=C/c2c[nH]c3ncccc23)C(=O)O)c1. The first-order chi connectivity index (χ1) is 10.1. The number of pyridine rings is 1. The molecule has 4 heteroatoms. The number of aromatic amines is 1. The average Bonchev–Trinajstić information content (AvgIpc) is 2.87. The monoisotopic (exact) mass is 278 g/mol. The van der Waals surface area contributed by atoms with Gasteiger partial charge in [-0.2, -0.15) is 0 Å². The molecule has 0 spiro atoms. The first-order valence-corrected chi connectivity index (χ1v) is 6.59. The molecule has 2 heterocycles. The summed E-state index contributed by atoms with van der Waals surface area (Å²) in [5, 5.41) is 10.4. The van der Waals surface area contributed by atoms with E-state index in [2.05, 4.69) is 9.97 Å².